The Morgan fingerprint density at radius 1 is 0.218 bits per heavy atom. The molecule has 7 heterocycles. The minimum Gasteiger partial charge on any atom is -0.493 e. The molecular formula is C73H53Ir3N11-8. The van der Waals surface area contributed by atoms with Gasteiger partial charge in [-0.3, -0.25) is 0 Å². The van der Waals surface area contributed by atoms with Crippen molar-refractivity contribution in [2.75, 3.05) is 39.2 Å². The molecule has 0 unspecified atom stereocenters. The third kappa shape index (κ3) is 13.4. The summed E-state index contributed by atoms with van der Waals surface area (Å²) in [6.45, 7) is 8.28. The molecule has 0 fully saturated rings. The maximum Gasteiger partial charge on any atom is 0.126 e. The Bertz CT molecular complexity index is 3250. The van der Waals surface area contributed by atoms with Gasteiger partial charge in [0, 0.05) is 113 Å². The number of anilines is 16. The summed E-state index contributed by atoms with van der Waals surface area (Å²) in [5, 5.41) is 0. The standard InChI is InChI=1S/C19H14N2.3C18H13N3.3Ir/c1-3-9-16(10-4-1)20-15-21(17-11-5-2-6-12-17)19-14-8-7-13-18(19)20;3*1-3-8-15(9-4-1)20-14-21(16-10-5-2-6-11-16)18-17(20)12-7-13-19-18;;;/h1-11,13-15H;1-8,10-14H;2*1-10,12-14H;;;/q4*-2;;;. The van der Waals surface area contributed by atoms with Gasteiger partial charge in [-0.05, 0) is 97.1 Å². The van der Waals surface area contributed by atoms with Gasteiger partial charge in [0.25, 0.3) is 0 Å². The summed E-state index contributed by atoms with van der Waals surface area (Å²) in [7, 11) is 0. The summed E-state index contributed by atoms with van der Waals surface area (Å²) in [5.41, 5.74) is 14.0. The quantitative estimate of drug-likeness (QED) is 0.137. The van der Waals surface area contributed by atoms with Crippen molar-refractivity contribution in [1.82, 2.24) is 15.0 Å². The van der Waals surface area contributed by atoms with Crippen LogP contribution in [0.15, 0.2) is 298 Å². The van der Waals surface area contributed by atoms with Crippen molar-refractivity contribution in [1.29, 1.82) is 0 Å². The molecule has 3 radical (unpaired) electrons. The zero-order chi connectivity index (χ0) is 56.3. The van der Waals surface area contributed by atoms with E-state index in [9.17, 15) is 0 Å². The molecular weight excluding hydrogens is 1610 g/mol. The molecule has 435 valence electrons. The number of hydrogen-bond acceptors (Lipinski definition) is 11. The molecule has 9 aromatic carbocycles. The molecule has 0 bridgehead atoms. The van der Waals surface area contributed by atoms with Crippen LogP contribution in [0.1, 0.15) is 0 Å². The second kappa shape index (κ2) is 29.2. The van der Waals surface area contributed by atoms with Gasteiger partial charge in [-0.2, -0.15) is 121 Å². The van der Waals surface area contributed by atoms with E-state index >= 15 is 0 Å². The summed E-state index contributed by atoms with van der Waals surface area (Å²) in [6, 6.07) is 107. The van der Waals surface area contributed by atoms with E-state index in [1.54, 1.807) is 0 Å². The zero-order valence-corrected chi connectivity index (χ0v) is 53.7. The minimum absolute atomic E-state index is 0. The normalized spacial score (nSPS) is 12.9. The first-order chi connectivity index (χ1) is 41.7. The first kappa shape index (κ1) is 60.9. The first-order valence-corrected chi connectivity index (χ1v) is 27.5. The van der Waals surface area contributed by atoms with Crippen molar-refractivity contribution in [3.05, 3.63) is 349 Å². The second-order valence-corrected chi connectivity index (χ2v) is 19.3. The Labute approximate surface area is 550 Å². The van der Waals surface area contributed by atoms with E-state index in [0.717, 1.165) is 80.0 Å². The number of aromatic nitrogens is 3. The third-order valence-electron chi connectivity index (χ3n) is 14.0. The number of benzene rings is 9. The molecule has 0 atom stereocenters. The van der Waals surface area contributed by atoms with Gasteiger partial charge in [-0.15, -0.1) is 49.4 Å². The number of hydrogen-bond donors (Lipinski definition) is 0. The van der Waals surface area contributed by atoms with Gasteiger partial charge < -0.3 is 39.2 Å². The molecule has 0 saturated heterocycles. The van der Waals surface area contributed by atoms with Crippen molar-refractivity contribution in [2.45, 2.75) is 0 Å². The fourth-order valence-corrected chi connectivity index (χ4v) is 10.1. The largest absolute Gasteiger partial charge is 0.493 e. The maximum absolute atomic E-state index is 4.53. The second-order valence-electron chi connectivity index (χ2n) is 19.3. The Morgan fingerprint density at radius 2 is 0.460 bits per heavy atom. The van der Waals surface area contributed by atoms with Crippen LogP contribution in [0, 0.1) is 50.9 Å². The molecule has 4 aliphatic heterocycles. The smallest absolute Gasteiger partial charge is 0.126 e. The van der Waals surface area contributed by atoms with Crippen LogP contribution in [0.25, 0.3) is 0 Å². The van der Waals surface area contributed by atoms with E-state index in [2.05, 4.69) is 214 Å². The topological polar surface area (TPSA) is 64.6 Å². The number of fused-ring (bicyclic) bond motifs is 4. The van der Waals surface area contributed by atoms with E-state index in [1.807, 2.05) is 188 Å². The van der Waals surface area contributed by atoms with Gasteiger partial charge in [-0.25, -0.2) is 15.0 Å². The number of rotatable bonds is 8. The van der Waals surface area contributed by atoms with Crippen LogP contribution in [-0.2, 0) is 60.3 Å². The van der Waals surface area contributed by atoms with E-state index in [4.69, 9.17) is 0 Å². The Hall–Kier alpha value is -9.22. The minimum atomic E-state index is 0. The van der Waals surface area contributed by atoms with Crippen molar-refractivity contribution in [3.63, 3.8) is 0 Å². The number of para-hydroxylation sites is 10. The summed E-state index contributed by atoms with van der Waals surface area (Å²) >= 11 is 0. The van der Waals surface area contributed by atoms with Crippen molar-refractivity contribution in [2.24, 2.45) is 0 Å². The predicted molar refractivity (Wildman–Crippen MR) is 340 cm³/mol. The summed E-state index contributed by atoms with van der Waals surface area (Å²) < 4.78 is 0. The van der Waals surface area contributed by atoms with Crippen LogP contribution >= 0.6 is 0 Å². The SMILES string of the molecule is [Ir].[Ir].[Ir].[c-]1ccccc1N1[CH-]N(c2ccccc2)c2ccccc21.[c-]1ccccc1N1[CH-]N(c2ccccc2)c2cccnc21.[c-]1ccccc1N1[CH-]N(c2ccccc2)c2cccnc21.[c-]1ccccc1N1[CH-]N(c2ccccc2)c2ncccc21. The van der Waals surface area contributed by atoms with Gasteiger partial charge in [0.1, 0.15) is 17.5 Å². The zero-order valence-electron chi connectivity index (χ0n) is 46.5. The van der Waals surface area contributed by atoms with E-state index in [1.165, 1.54) is 11.4 Å². The Balaban J connectivity index is 0.000000127. The number of pyridine rings is 3. The average Bonchev–Trinajstić information content (AvgIpc) is 3.62. The van der Waals surface area contributed by atoms with Gasteiger partial charge >= 0.3 is 0 Å². The van der Waals surface area contributed by atoms with Crippen molar-refractivity contribution < 1.29 is 60.3 Å². The van der Waals surface area contributed by atoms with E-state index in [0.29, 0.717) is 0 Å². The van der Waals surface area contributed by atoms with Gasteiger partial charge in [0.05, 0.1) is 17.1 Å². The molecule has 0 N–H and O–H groups in total. The van der Waals surface area contributed by atoms with Crippen LogP contribution in [0.3, 0.4) is 0 Å². The monoisotopic (exact) mass is 1660 g/mol. The summed E-state index contributed by atoms with van der Waals surface area (Å²) in [5.74, 6) is 2.77. The maximum atomic E-state index is 4.53. The van der Waals surface area contributed by atoms with Crippen LogP contribution in [-0.4, -0.2) is 15.0 Å². The summed E-state index contributed by atoms with van der Waals surface area (Å²) in [6.07, 6.45) is 5.45. The molecule has 0 saturated carbocycles. The summed E-state index contributed by atoms with van der Waals surface area (Å²) in [4.78, 5) is 30.6. The average molecular weight is 1660 g/mol. The fourth-order valence-electron chi connectivity index (χ4n) is 10.1. The van der Waals surface area contributed by atoms with Crippen LogP contribution in [0.5, 0.6) is 0 Å². The van der Waals surface area contributed by atoms with Crippen molar-refractivity contribution in [3.8, 4) is 0 Å². The van der Waals surface area contributed by atoms with Crippen LogP contribution in [0.4, 0.5) is 91.4 Å². The molecule has 4 aliphatic rings. The van der Waals surface area contributed by atoms with Gasteiger partial charge in [0.2, 0.25) is 0 Å². The van der Waals surface area contributed by atoms with Gasteiger partial charge in [0.15, 0.2) is 0 Å². The van der Waals surface area contributed by atoms with Crippen LogP contribution < -0.4 is 39.2 Å². The van der Waals surface area contributed by atoms with Crippen molar-refractivity contribution >= 4 is 91.4 Å². The predicted octanol–water partition coefficient (Wildman–Crippen LogP) is 17.8. The number of nitrogens with zero attached hydrogens (tertiary/aromatic N) is 11. The third-order valence-corrected chi connectivity index (χ3v) is 14.0. The Morgan fingerprint density at radius 3 is 0.816 bits per heavy atom. The molecule has 3 aromatic heterocycles. The molecule has 0 amide bonds. The molecule has 14 heteroatoms. The van der Waals surface area contributed by atoms with Crippen LogP contribution in [0.2, 0.25) is 0 Å². The molecule has 0 spiro atoms. The molecule has 87 heavy (non-hydrogen) atoms. The van der Waals surface area contributed by atoms with E-state index in [-0.39, 0.29) is 60.3 Å². The van der Waals surface area contributed by atoms with E-state index < -0.39 is 0 Å². The molecule has 0 aliphatic carbocycles. The molecule has 12 aromatic rings. The fraction of sp³-hybridized carbons (Fsp3) is 0. The molecule has 11 nitrogen and oxygen atoms in total. The Kier molecular flexibility index (Phi) is 20.5. The molecule has 16 rings (SSSR count). The van der Waals surface area contributed by atoms with Gasteiger partial charge in [-0.1, -0.05) is 84.9 Å². The first-order valence-electron chi connectivity index (χ1n) is 27.5.